The van der Waals surface area contributed by atoms with Crippen molar-refractivity contribution in [1.29, 1.82) is 0 Å². The number of esters is 1. The van der Waals surface area contributed by atoms with E-state index in [2.05, 4.69) is 5.32 Å². The number of carbonyl (C=O) groups is 2. The highest BCUT2D eigenvalue weighted by molar-refractivity contribution is 5.97. The van der Waals surface area contributed by atoms with Gasteiger partial charge in [0.15, 0.2) is 0 Å². The molecular formula is C20H17FN2O3. The second-order valence-electron chi connectivity index (χ2n) is 5.70. The summed E-state index contributed by atoms with van der Waals surface area (Å²) in [7, 11) is 1.71. The van der Waals surface area contributed by atoms with Crippen LogP contribution in [0, 0.1) is 5.82 Å². The van der Waals surface area contributed by atoms with Crippen LogP contribution < -0.4 is 5.32 Å². The number of rotatable bonds is 5. The second-order valence-corrected chi connectivity index (χ2v) is 5.70. The summed E-state index contributed by atoms with van der Waals surface area (Å²) in [5, 5.41) is 2.64. The van der Waals surface area contributed by atoms with Crippen LogP contribution in [0.5, 0.6) is 0 Å². The molecule has 132 valence electrons. The van der Waals surface area contributed by atoms with E-state index in [0.29, 0.717) is 16.9 Å². The molecule has 1 atom stereocenters. The van der Waals surface area contributed by atoms with Crippen LogP contribution in [0.4, 0.5) is 10.1 Å². The number of aryl methyl sites for hydroxylation is 1. The lowest BCUT2D eigenvalue weighted by molar-refractivity contribution is -0.125. The van der Waals surface area contributed by atoms with E-state index >= 15 is 0 Å². The van der Waals surface area contributed by atoms with E-state index < -0.39 is 23.8 Å². The van der Waals surface area contributed by atoms with Gasteiger partial charge in [-0.15, -0.1) is 0 Å². The monoisotopic (exact) mass is 352 g/mol. The predicted octanol–water partition coefficient (Wildman–Crippen LogP) is 3.70. The van der Waals surface area contributed by atoms with Crippen LogP contribution in [0.3, 0.4) is 0 Å². The Bertz CT molecular complexity index is 904. The maximum absolute atomic E-state index is 13.0. The van der Waals surface area contributed by atoms with Gasteiger partial charge in [0.1, 0.15) is 11.5 Å². The number of benzene rings is 2. The number of anilines is 1. The van der Waals surface area contributed by atoms with E-state index in [9.17, 15) is 14.0 Å². The summed E-state index contributed by atoms with van der Waals surface area (Å²) < 4.78 is 20.1. The van der Waals surface area contributed by atoms with E-state index in [1.807, 2.05) is 0 Å². The first kappa shape index (κ1) is 17.4. The fraction of sp³-hybridized carbons (Fsp3) is 0.100. The molecule has 26 heavy (non-hydrogen) atoms. The Morgan fingerprint density at radius 3 is 2.31 bits per heavy atom. The molecule has 1 amide bonds. The highest BCUT2D eigenvalue weighted by Gasteiger charge is 2.26. The Kier molecular flexibility index (Phi) is 5.12. The fourth-order valence-electron chi connectivity index (χ4n) is 2.48. The number of halogens is 1. The molecule has 0 saturated carbocycles. The number of nitrogens with zero attached hydrogens (tertiary/aromatic N) is 1. The minimum atomic E-state index is -1.14. The standard InChI is InChI=1S/C20H17FN2O3/c1-23-13-5-8-17(23)20(25)26-18(14-6-3-2-4-7-14)19(24)22-16-11-9-15(21)10-12-16/h2-13,18H,1H3,(H,22,24). The SMILES string of the molecule is Cn1cccc1C(=O)OC(C(=O)Nc1ccc(F)cc1)c1ccccc1. The van der Waals surface area contributed by atoms with Gasteiger partial charge < -0.3 is 14.6 Å². The molecule has 0 fully saturated rings. The molecule has 3 rings (SSSR count). The topological polar surface area (TPSA) is 60.3 Å². The van der Waals surface area contributed by atoms with Crippen LogP contribution in [0.2, 0.25) is 0 Å². The fourth-order valence-corrected chi connectivity index (χ4v) is 2.48. The lowest BCUT2D eigenvalue weighted by atomic mass is 10.1. The van der Waals surface area contributed by atoms with E-state index in [-0.39, 0.29) is 0 Å². The predicted molar refractivity (Wildman–Crippen MR) is 95.0 cm³/mol. The molecule has 5 nitrogen and oxygen atoms in total. The van der Waals surface area contributed by atoms with Crippen LogP contribution in [0.25, 0.3) is 0 Å². The molecule has 6 heteroatoms. The van der Waals surface area contributed by atoms with Gasteiger partial charge in [0, 0.05) is 24.5 Å². The summed E-state index contributed by atoms with van der Waals surface area (Å²) in [5.41, 5.74) is 1.28. The second kappa shape index (κ2) is 7.65. The molecule has 2 aromatic carbocycles. The maximum atomic E-state index is 13.0. The largest absolute Gasteiger partial charge is 0.443 e. The van der Waals surface area contributed by atoms with Crippen molar-refractivity contribution in [3.05, 3.63) is 90.0 Å². The van der Waals surface area contributed by atoms with Crippen molar-refractivity contribution in [2.24, 2.45) is 7.05 Å². The third kappa shape index (κ3) is 3.97. The van der Waals surface area contributed by atoms with Crippen molar-refractivity contribution in [2.75, 3.05) is 5.32 Å². The minimum absolute atomic E-state index is 0.334. The first-order valence-electron chi connectivity index (χ1n) is 7.98. The van der Waals surface area contributed by atoms with Gasteiger partial charge in [0.05, 0.1) is 0 Å². The molecule has 1 N–H and O–H groups in total. The van der Waals surface area contributed by atoms with Crippen LogP contribution >= 0.6 is 0 Å². The van der Waals surface area contributed by atoms with Crippen LogP contribution in [-0.2, 0) is 16.6 Å². The van der Waals surface area contributed by atoms with E-state index in [4.69, 9.17) is 4.74 Å². The Morgan fingerprint density at radius 2 is 1.69 bits per heavy atom. The zero-order chi connectivity index (χ0) is 18.5. The molecule has 1 aromatic heterocycles. The van der Waals surface area contributed by atoms with Crippen LogP contribution in [-0.4, -0.2) is 16.4 Å². The minimum Gasteiger partial charge on any atom is -0.443 e. The molecule has 3 aromatic rings. The normalized spacial score (nSPS) is 11.6. The Balaban J connectivity index is 1.83. The smallest absolute Gasteiger partial charge is 0.356 e. The zero-order valence-electron chi connectivity index (χ0n) is 14.1. The third-order valence-electron chi connectivity index (χ3n) is 3.83. The van der Waals surface area contributed by atoms with Gasteiger partial charge in [-0.25, -0.2) is 9.18 Å². The van der Waals surface area contributed by atoms with Gasteiger partial charge in [0.2, 0.25) is 6.10 Å². The van der Waals surface area contributed by atoms with Crippen molar-refractivity contribution < 1.29 is 18.7 Å². The van der Waals surface area contributed by atoms with Crippen molar-refractivity contribution in [3.8, 4) is 0 Å². The van der Waals surface area contributed by atoms with Gasteiger partial charge >= 0.3 is 5.97 Å². The molecule has 1 unspecified atom stereocenters. The van der Waals surface area contributed by atoms with Crippen LogP contribution in [0.15, 0.2) is 72.9 Å². The number of aromatic nitrogens is 1. The average Bonchev–Trinajstić information content (AvgIpc) is 3.08. The average molecular weight is 352 g/mol. The summed E-state index contributed by atoms with van der Waals surface area (Å²) in [6.45, 7) is 0. The summed E-state index contributed by atoms with van der Waals surface area (Å²) in [5.74, 6) is -1.54. The maximum Gasteiger partial charge on any atom is 0.356 e. The molecule has 1 heterocycles. The van der Waals surface area contributed by atoms with Crippen molar-refractivity contribution in [1.82, 2.24) is 4.57 Å². The number of ether oxygens (including phenoxy) is 1. The number of amides is 1. The summed E-state index contributed by atoms with van der Waals surface area (Å²) in [4.78, 5) is 25.1. The van der Waals surface area contributed by atoms with Crippen molar-refractivity contribution in [2.45, 2.75) is 6.10 Å². The van der Waals surface area contributed by atoms with E-state index in [0.717, 1.165) is 0 Å². The molecule has 0 radical (unpaired) electrons. The Hall–Kier alpha value is -3.41. The summed E-state index contributed by atoms with van der Waals surface area (Å²) in [6, 6.07) is 17.4. The lowest BCUT2D eigenvalue weighted by Gasteiger charge is -2.18. The van der Waals surface area contributed by atoms with Gasteiger partial charge in [-0.05, 0) is 36.4 Å². The quantitative estimate of drug-likeness (QED) is 0.712. The van der Waals surface area contributed by atoms with Gasteiger partial charge in [-0.1, -0.05) is 30.3 Å². The molecule has 0 spiro atoms. The van der Waals surface area contributed by atoms with Crippen LogP contribution in [0.1, 0.15) is 22.2 Å². The van der Waals surface area contributed by atoms with Gasteiger partial charge in [-0.3, -0.25) is 4.79 Å². The molecule has 0 aliphatic heterocycles. The molecule has 0 saturated heterocycles. The Morgan fingerprint density at radius 1 is 1.00 bits per heavy atom. The number of nitrogens with one attached hydrogen (secondary N) is 1. The lowest BCUT2D eigenvalue weighted by Crippen LogP contribution is -2.26. The summed E-state index contributed by atoms with van der Waals surface area (Å²) >= 11 is 0. The molecular weight excluding hydrogens is 335 g/mol. The molecule has 0 bridgehead atoms. The first-order chi connectivity index (χ1) is 12.5. The van der Waals surface area contributed by atoms with Crippen molar-refractivity contribution in [3.63, 3.8) is 0 Å². The van der Waals surface area contributed by atoms with E-state index in [1.54, 1.807) is 60.3 Å². The zero-order valence-corrected chi connectivity index (χ0v) is 14.1. The highest BCUT2D eigenvalue weighted by Crippen LogP contribution is 2.22. The van der Waals surface area contributed by atoms with Gasteiger partial charge in [0.25, 0.3) is 5.91 Å². The molecule has 0 aliphatic rings. The highest BCUT2D eigenvalue weighted by atomic mass is 19.1. The third-order valence-corrected chi connectivity index (χ3v) is 3.83. The first-order valence-corrected chi connectivity index (χ1v) is 7.98. The van der Waals surface area contributed by atoms with Crippen molar-refractivity contribution >= 4 is 17.6 Å². The number of hydrogen-bond donors (Lipinski definition) is 1. The summed E-state index contributed by atoms with van der Waals surface area (Å²) in [6.07, 6.45) is 0.579. The van der Waals surface area contributed by atoms with Gasteiger partial charge in [-0.2, -0.15) is 0 Å². The number of carbonyl (C=O) groups excluding carboxylic acids is 2. The Labute approximate surface area is 150 Å². The number of hydrogen-bond acceptors (Lipinski definition) is 3. The van der Waals surface area contributed by atoms with E-state index in [1.165, 1.54) is 24.3 Å². The molecule has 0 aliphatic carbocycles.